The number of hydrogen-bond donors (Lipinski definition) is 2. The maximum atomic E-state index is 11.3. The van der Waals surface area contributed by atoms with E-state index in [9.17, 15) is 4.79 Å². The third kappa shape index (κ3) is 4.29. The lowest BCUT2D eigenvalue weighted by Crippen LogP contribution is -2.12. The van der Waals surface area contributed by atoms with Crippen LogP contribution in [0.25, 0.3) is 11.3 Å². The van der Waals surface area contributed by atoms with Crippen molar-refractivity contribution in [1.82, 2.24) is 4.98 Å². The van der Waals surface area contributed by atoms with Crippen molar-refractivity contribution in [3.05, 3.63) is 29.6 Å². The van der Waals surface area contributed by atoms with Gasteiger partial charge >= 0.3 is 0 Å². The monoisotopic (exact) mass is 303 g/mol. The van der Waals surface area contributed by atoms with Crippen molar-refractivity contribution in [2.24, 2.45) is 0 Å². The van der Waals surface area contributed by atoms with Crippen LogP contribution < -0.4 is 10.6 Å². The second-order valence-corrected chi connectivity index (χ2v) is 5.83. The molecule has 1 aromatic heterocycles. The van der Waals surface area contributed by atoms with Crippen LogP contribution in [0.15, 0.2) is 29.6 Å². The number of carbonyl (C=O) groups excluding carboxylic acids is 1. The van der Waals surface area contributed by atoms with Gasteiger partial charge in [-0.1, -0.05) is 26.0 Å². The van der Waals surface area contributed by atoms with Crippen molar-refractivity contribution in [1.29, 1.82) is 0 Å². The Balaban J connectivity index is 2.06. The van der Waals surface area contributed by atoms with Gasteiger partial charge in [0, 0.05) is 29.1 Å². The minimum absolute atomic E-state index is 0.0245. The highest BCUT2D eigenvalue weighted by atomic mass is 32.1. The quantitative estimate of drug-likeness (QED) is 0.833. The van der Waals surface area contributed by atoms with Crippen LogP contribution in [-0.4, -0.2) is 16.9 Å². The minimum atomic E-state index is 0.0245. The number of amides is 1. The van der Waals surface area contributed by atoms with Crippen molar-refractivity contribution < 1.29 is 4.79 Å². The predicted molar refractivity (Wildman–Crippen MR) is 89.8 cm³/mol. The van der Waals surface area contributed by atoms with E-state index in [2.05, 4.69) is 29.5 Å². The van der Waals surface area contributed by atoms with Gasteiger partial charge in [0.1, 0.15) is 0 Å². The van der Waals surface area contributed by atoms with Crippen LogP contribution in [0.4, 0.5) is 10.8 Å². The average Bonchev–Trinajstić information content (AvgIpc) is 2.96. The van der Waals surface area contributed by atoms with Gasteiger partial charge in [-0.05, 0) is 25.5 Å². The maximum Gasteiger partial charge on any atom is 0.224 e. The number of aromatic nitrogens is 1. The number of carbonyl (C=O) groups is 1. The summed E-state index contributed by atoms with van der Waals surface area (Å²) in [6.07, 6.45) is 1.55. The number of rotatable bonds is 6. The van der Waals surface area contributed by atoms with Crippen LogP contribution in [0.5, 0.6) is 0 Å². The largest absolute Gasteiger partial charge is 0.359 e. The van der Waals surface area contributed by atoms with Crippen molar-refractivity contribution in [3.8, 4) is 11.3 Å². The highest BCUT2D eigenvalue weighted by Crippen LogP contribution is 2.26. The Hall–Kier alpha value is -1.88. The van der Waals surface area contributed by atoms with Gasteiger partial charge in [0.05, 0.1) is 5.69 Å². The Bertz CT molecular complexity index is 592. The summed E-state index contributed by atoms with van der Waals surface area (Å²) in [7, 11) is 0. The van der Waals surface area contributed by atoms with E-state index in [-0.39, 0.29) is 5.91 Å². The first-order valence-corrected chi connectivity index (χ1v) is 8.12. The fourth-order valence-electron chi connectivity index (χ4n) is 1.76. The zero-order chi connectivity index (χ0) is 15.2. The highest BCUT2D eigenvalue weighted by molar-refractivity contribution is 7.14. The van der Waals surface area contributed by atoms with Gasteiger partial charge in [-0.2, -0.15) is 0 Å². The van der Waals surface area contributed by atoms with Crippen LogP contribution in [0.3, 0.4) is 0 Å². The van der Waals surface area contributed by atoms with Crippen LogP contribution >= 0.6 is 11.3 Å². The summed E-state index contributed by atoms with van der Waals surface area (Å²) in [5.41, 5.74) is 2.83. The molecule has 4 nitrogen and oxygen atoms in total. The SMILES string of the molecule is CCC(=O)Nc1ccc(-c2csc(N[C@H](C)CC)n2)cc1. The summed E-state index contributed by atoms with van der Waals surface area (Å²) in [5.74, 6) is 0.0245. The topological polar surface area (TPSA) is 54.0 Å². The Morgan fingerprint density at radius 2 is 2.00 bits per heavy atom. The number of benzene rings is 1. The van der Waals surface area contributed by atoms with E-state index in [0.717, 1.165) is 28.5 Å². The molecule has 1 aromatic carbocycles. The molecule has 0 saturated heterocycles. The van der Waals surface area contributed by atoms with Crippen LogP contribution in [0.1, 0.15) is 33.6 Å². The van der Waals surface area contributed by atoms with Crippen molar-refractivity contribution >= 4 is 28.1 Å². The third-order valence-corrected chi connectivity index (χ3v) is 4.05. The third-order valence-electron chi connectivity index (χ3n) is 3.27. The molecule has 1 amide bonds. The predicted octanol–water partition coefficient (Wildman–Crippen LogP) is 4.37. The number of nitrogens with zero attached hydrogens (tertiary/aromatic N) is 1. The minimum Gasteiger partial charge on any atom is -0.359 e. The molecule has 0 bridgehead atoms. The first kappa shape index (κ1) is 15.5. The molecule has 2 N–H and O–H groups in total. The summed E-state index contributed by atoms with van der Waals surface area (Å²) in [4.78, 5) is 15.9. The van der Waals surface area contributed by atoms with Crippen molar-refractivity contribution in [3.63, 3.8) is 0 Å². The summed E-state index contributed by atoms with van der Waals surface area (Å²) >= 11 is 1.61. The molecule has 2 rings (SSSR count). The first-order valence-electron chi connectivity index (χ1n) is 7.24. The smallest absolute Gasteiger partial charge is 0.224 e. The first-order chi connectivity index (χ1) is 10.1. The van der Waals surface area contributed by atoms with Crippen molar-refractivity contribution in [2.75, 3.05) is 10.6 Å². The van der Waals surface area contributed by atoms with Crippen molar-refractivity contribution in [2.45, 2.75) is 39.7 Å². The van der Waals surface area contributed by atoms with E-state index in [1.165, 1.54) is 0 Å². The van der Waals surface area contributed by atoms with E-state index < -0.39 is 0 Å². The average molecular weight is 303 g/mol. The molecule has 0 aliphatic rings. The molecule has 0 spiro atoms. The molecule has 0 radical (unpaired) electrons. The van der Waals surface area contributed by atoms with Gasteiger partial charge < -0.3 is 10.6 Å². The fourth-order valence-corrected chi connectivity index (χ4v) is 2.59. The van der Waals surface area contributed by atoms with Gasteiger partial charge in [-0.25, -0.2) is 4.98 Å². The summed E-state index contributed by atoms with van der Waals surface area (Å²) in [6, 6.07) is 8.20. The second-order valence-electron chi connectivity index (χ2n) is 4.97. The molecule has 0 saturated carbocycles. The molecule has 0 unspecified atom stereocenters. The van der Waals surface area contributed by atoms with E-state index >= 15 is 0 Å². The molecule has 0 aliphatic heterocycles. The standard InChI is InChI=1S/C16H21N3OS/c1-4-11(3)17-16-19-14(10-21-16)12-6-8-13(9-7-12)18-15(20)5-2/h6-11H,4-5H2,1-3H3,(H,17,19)(H,18,20)/t11-/m1/s1. The van der Waals surface area contributed by atoms with E-state index in [4.69, 9.17) is 0 Å². The van der Waals surface area contributed by atoms with Crippen LogP contribution in [0.2, 0.25) is 0 Å². The van der Waals surface area contributed by atoms with Gasteiger partial charge in [-0.3, -0.25) is 4.79 Å². The van der Waals surface area contributed by atoms with Gasteiger partial charge in [0.25, 0.3) is 0 Å². The number of anilines is 2. The molecule has 21 heavy (non-hydrogen) atoms. The molecule has 0 fully saturated rings. The van der Waals surface area contributed by atoms with Crippen LogP contribution in [0, 0.1) is 0 Å². The normalized spacial score (nSPS) is 12.0. The maximum absolute atomic E-state index is 11.3. The molecule has 112 valence electrons. The lowest BCUT2D eigenvalue weighted by molar-refractivity contribution is -0.115. The molecule has 0 aliphatic carbocycles. The van der Waals surface area contributed by atoms with E-state index in [0.29, 0.717) is 12.5 Å². The highest BCUT2D eigenvalue weighted by Gasteiger charge is 2.07. The Morgan fingerprint density at radius 3 is 2.62 bits per heavy atom. The van der Waals surface area contributed by atoms with Crippen LogP contribution in [-0.2, 0) is 4.79 Å². The van der Waals surface area contributed by atoms with Gasteiger partial charge in [0.2, 0.25) is 5.91 Å². The number of hydrogen-bond acceptors (Lipinski definition) is 4. The molecule has 2 aromatic rings. The zero-order valence-corrected chi connectivity index (χ0v) is 13.5. The summed E-state index contributed by atoms with van der Waals surface area (Å²) in [5, 5.41) is 9.21. The second kappa shape index (κ2) is 7.22. The summed E-state index contributed by atoms with van der Waals surface area (Å²) < 4.78 is 0. The lowest BCUT2D eigenvalue weighted by atomic mass is 10.1. The zero-order valence-electron chi connectivity index (χ0n) is 12.6. The van der Waals surface area contributed by atoms with E-state index in [1.807, 2.05) is 36.6 Å². The van der Waals surface area contributed by atoms with E-state index in [1.54, 1.807) is 11.3 Å². The molecule has 1 heterocycles. The Morgan fingerprint density at radius 1 is 1.29 bits per heavy atom. The Kier molecular flexibility index (Phi) is 5.33. The molecule has 5 heteroatoms. The van der Waals surface area contributed by atoms with Gasteiger partial charge in [0.15, 0.2) is 5.13 Å². The summed E-state index contributed by atoms with van der Waals surface area (Å²) in [6.45, 7) is 6.13. The molecular weight excluding hydrogens is 282 g/mol. The van der Waals surface area contributed by atoms with Gasteiger partial charge in [-0.15, -0.1) is 11.3 Å². The molecular formula is C16H21N3OS. The number of thiazole rings is 1. The lowest BCUT2D eigenvalue weighted by Gasteiger charge is -2.08. The number of nitrogens with one attached hydrogen (secondary N) is 2. The Labute approximate surface area is 129 Å². The molecule has 1 atom stereocenters. The fraction of sp³-hybridized carbons (Fsp3) is 0.375.